The summed E-state index contributed by atoms with van der Waals surface area (Å²) in [6.07, 6.45) is 0.0924. The largest absolute Gasteiger partial charge is 0.469 e. The summed E-state index contributed by atoms with van der Waals surface area (Å²) in [6, 6.07) is 1.88. The van der Waals surface area contributed by atoms with Crippen LogP contribution in [0.1, 0.15) is 20.3 Å². The van der Waals surface area contributed by atoms with Crippen molar-refractivity contribution in [3.8, 4) is 6.07 Å². The molecule has 0 aliphatic carbocycles. The molecule has 0 radical (unpaired) electrons. The molecule has 0 aromatic rings. The molecule has 4 nitrogen and oxygen atoms in total. The number of hydrogen-bond donors (Lipinski definition) is 0. The van der Waals surface area contributed by atoms with E-state index in [1.165, 1.54) is 7.11 Å². The van der Waals surface area contributed by atoms with E-state index < -0.39 is 22.0 Å². The molecule has 0 aliphatic heterocycles. The Morgan fingerprint density at radius 1 is 1.62 bits per heavy atom. The Hall–Kier alpha value is -0.890. The number of hydrogen-bond acceptors (Lipinski definition) is 4. The lowest BCUT2D eigenvalue weighted by atomic mass is 10.3. The quantitative estimate of drug-likeness (QED) is 0.627. The topological polar surface area (TPSA) is 67.2 Å². The molecule has 74 valence electrons. The first-order valence-corrected chi connectivity index (χ1v) is 5.16. The number of rotatable bonds is 4. The molecule has 3 atom stereocenters. The third-order valence-corrected chi connectivity index (χ3v) is 3.37. The van der Waals surface area contributed by atoms with Crippen molar-refractivity contribution >= 4 is 16.8 Å². The van der Waals surface area contributed by atoms with Gasteiger partial charge >= 0.3 is 5.97 Å². The third kappa shape index (κ3) is 4.04. The van der Waals surface area contributed by atoms with Crippen LogP contribution in [0.25, 0.3) is 0 Å². The van der Waals surface area contributed by atoms with Crippen molar-refractivity contribution in [3.63, 3.8) is 0 Å². The molecule has 0 aliphatic rings. The Kier molecular flexibility index (Phi) is 5.31. The highest BCUT2D eigenvalue weighted by atomic mass is 32.2. The van der Waals surface area contributed by atoms with Gasteiger partial charge in [0.15, 0.2) is 0 Å². The van der Waals surface area contributed by atoms with Crippen molar-refractivity contribution in [1.29, 1.82) is 5.26 Å². The van der Waals surface area contributed by atoms with E-state index in [9.17, 15) is 9.00 Å². The average Bonchev–Trinajstić information content (AvgIpc) is 2.14. The molecule has 0 saturated heterocycles. The van der Waals surface area contributed by atoms with Crippen molar-refractivity contribution in [2.24, 2.45) is 0 Å². The lowest BCUT2D eigenvalue weighted by Crippen LogP contribution is -2.23. The summed E-state index contributed by atoms with van der Waals surface area (Å²) in [7, 11) is -0.0102. The minimum atomic E-state index is -1.29. The van der Waals surface area contributed by atoms with Gasteiger partial charge in [0, 0.05) is 16.0 Å². The maximum Gasteiger partial charge on any atom is 0.306 e. The van der Waals surface area contributed by atoms with Crippen LogP contribution in [-0.4, -0.2) is 27.8 Å². The molecule has 0 saturated carbocycles. The number of nitriles is 1. The second kappa shape index (κ2) is 5.70. The summed E-state index contributed by atoms with van der Waals surface area (Å²) >= 11 is 0. The van der Waals surface area contributed by atoms with Gasteiger partial charge in [0.25, 0.3) is 0 Å². The summed E-state index contributed by atoms with van der Waals surface area (Å²) < 4.78 is 15.8. The molecule has 0 aromatic heterocycles. The van der Waals surface area contributed by atoms with Crippen LogP contribution in [0.2, 0.25) is 0 Å². The van der Waals surface area contributed by atoms with E-state index in [0.29, 0.717) is 0 Å². The zero-order valence-corrected chi connectivity index (χ0v) is 8.76. The fourth-order valence-electron chi connectivity index (χ4n) is 0.801. The summed E-state index contributed by atoms with van der Waals surface area (Å²) in [5.41, 5.74) is 0. The second-order valence-corrected chi connectivity index (χ2v) is 4.86. The highest BCUT2D eigenvalue weighted by Crippen LogP contribution is 2.07. The van der Waals surface area contributed by atoms with Crippen LogP contribution in [0.4, 0.5) is 0 Å². The van der Waals surface area contributed by atoms with E-state index in [-0.39, 0.29) is 11.7 Å². The molecular formula is C8H13NO3S. The van der Waals surface area contributed by atoms with Gasteiger partial charge in [-0.1, -0.05) is 6.92 Å². The molecule has 5 heteroatoms. The van der Waals surface area contributed by atoms with Gasteiger partial charge in [-0.25, -0.2) is 0 Å². The Morgan fingerprint density at radius 2 is 2.15 bits per heavy atom. The number of ether oxygens (including phenoxy) is 1. The normalized spacial score (nSPS) is 16.8. The molecule has 0 fully saturated rings. The van der Waals surface area contributed by atoms with E-state index in [2.05, 4.69) is 4.74 Å². The molecular weight excluding hydrogens is 190 g/mol. The van der Waals surface area contributed by atoms with Crippen LogP contribution < -0.4 is 0 Å². The van der Waals surface area contributed by atoms with E-state index in [0.717, 1.165) is 0 Å². The van der Waals surface area contributed by atoms with Crippen molar-refractivity contribution in [2.45, 2.75) is 30.8 Å². The maximum absolute atomic E-state index is 11.4. The highest BCUT2D eigenvalue weighted by molar-refractivity contribution is 7.86. The number of carbonyl (C=O) groups excluding carboxylic acids is 1. The van der Waals surface area contributed by atoms with E-state index >= 15 is 0 Å². The molecule has 13 heavy (non-hydrogen) atoms. The first-order chi connectivity index (χ1) is 6.02. The van der Waals surface area contributed by atoms with Gasteiger partial charge in [-0.2, -0.15) is 5.26 Å². The lowest BCUT2D eigenvalue weighted by Gasteiger charge is -2.10. The van der Waals surface area contributed by atoms with Crippen molar-refractivity contribution in [2.75, 3.05) is 7.11 Å². The Balaban J connectivity index is 4.13. The van der Waals surface area contributed by atoms with Gasteiger partial charge in [0.05, 0.1) is 19.6 Å². The van der Waals surface area contributed by atoms with Crippen molar-refractivity contribution in [1.82, 2.24) is 0 Å². The highest BCUT2D eigenvalue weighted by Gasteiger charge is 2.20. The standard InChI is InChI=1S/C8H13NO3S/c1-6(4-8(10)12-3)13(11)7(2)5-9/h6-7H,4H2,1-3H3. The molecule has 3 unspecified atom stereocenters. The van der Waals surface area contributed by atoms with Crippen molar-refractivity contribution < 1.29 is 13.7 Å². The summed E-state index contributed by atoms with van der Waals surface area (Å²) in [6.45, 7) is 3.24. The number of carbonyl (C=O) groups is 1. The Bertz CT molecular complexity index is 246. The zero-order valence-electron chi connectivity index (χ0n) is 7.94. The van der Waals surface area contributed by atoms with Gasteiger partial charge in [-0.3, -0.25) is 9.00 Å². The number of methoxy groups -OCH3 is 1. The SMILES string of the molecule is COC(=O)CC(C)S(=O)C(C)C#N. The van der Waals surface area contributed by atoms with Crippen LogP contribution in [0, 0.1) is 11.3 Å². The maximum atomic E-state index is 11.4. The fourth-order valence-corrected chi connectivity index (χ4v) is 1.90. The van der Waals surface area contributed by atoms with E-state index in [4.69, 9.17) is 5.26 Å². The monoisotopic (exact) mass is 203 g/mol. The van der Waals surface area contributed by atoms with Crippen LogP contribution in [-0.2, 0) is 20.3 Å². The van der Waals surface area contributed by atoms with Gasteiger partial charge < -0.3 is 4.74 Å². The molecule has 0 spiro atoms. The van der Waals surface area contributed by atoms with Crippen LogP contribution in [0.5, 0.6) is 0 Å². The van der Waals surface area contributed by atoms with Gasteiger partial charge in [0.2, 0.25) is 0 Å². The predicted molar refractivity (Wildman–Crippen MR) is 49.3 cm³/mol. The van der Waals surface area contributed by atoms with E-state index in [1.807, 2.05) is 6.07 Å². The molecule has 0 rings (SSSR count). The smallest absolute Gasteiger partial charge is 0.306 e. The minimum absolute atomic E-state index is 0.0924. The molecule has 0 bridgehead atoms. The van der Waals surface area contributed by atoms with Gasteiger partial charge in [-0.05, 0) is 6.92 Å². The Labute approximate surface area is 80.3 Å². The van der Waals surface area contributed by atoms with Crippen LogP contribution in [0.15, 0.2) is 0 Å². The fraction of sp³-hybridized carbons (Fsp3) is 0.750. The predicted octanol–water partition coefficient (Wildman–Crippen LogP) is 0.599. The van der Waals surface area contributed by atoms with E-state index in [1.54, 1.807) is 13.8 Å². The summed E-state index contributed by atoms with van der Waals surface area (Å²) in [5.74, 6) is -0.397. The van der Waals surface area contributed by atoms with Gasteiger partial charge in [0.1, 0.15) is 5.25 Å². The summed E-state index contributed by atoms with van der Waals surface area (Å²) in [4.78, 5) is 10.8. The number of esters is 1. The van der Waals surface area contributed by atoms with Crippen LogP contribution >= 0.6 is 0 Å². The second-order valence-electron chi connectivity index (χ2n) is 2.69. The third-order valence-electron chi connectivity index (χ3n) is 1.61. The van der Waals surface area contributed by atoms with Crippen LogP contribution in [0.3, 0.4) is 0 Å². The number of nitrogens with zero attached hydrogens (tertiary/aromatic N) is 1. The molecule has 0 N–H and O–H groups in total. The zero-order chi connectivity index (χ0) is 10.4. The van der Waals surface area contributed by atoms with Crippen molar-refractivity contribution in [3.05, 3.63) is 0 Å². The lowest BCUT2D eigenvalue weighted by molar-refractivity contribution is -0.140. The molecule has 0 amide bonds. The molecule has 0 aromatic carbocycles. The average molecular weight is 203 g/mol. The Morgan fingerprint density at radius 3 is 2.54 bits per heavy atom. The van der Waals surface area contributed by atoms with Gasteiger partial charge in [-0.15, -0.1) is 0 Å². The first-order valence-electron chi connectivity index (χ1n) is 3.88. The summed E-state index contributed by atoms with van der Waals surface area (Å²) in [5, 5.41) is 7.61. The minimum Gasteiger partial charge on any atom is -0.469 e. The first kappa shape index (κ1) is 12.1. The molecule has 0 heterocycles.